The van der Waals surface area contributed by atoms with Gasteiger partial charge in [-0.2, -0.15) is 0 Å². The van der Waals surface area contributed by atoms with Crippen LogP contribution in [0.5, 0.6) is 0 Å². The average molecular weight is 373 g/mol. The minimum absolute atomic E-state index is 0.122. The number of amides is 1. The molecule has 6 heteroatoms. The Morgan fingerprint density at radius 1 is 1.08 bits per heavy atom. The molecule has 0 atom stereocenters. The first kappa shape index (κ1) is 16.2. The maximum atomic E-state index is 12.5. The number of hydrogen-bond acceptors (Lipinski definition) is 2. The van der Waals surface area contributed by atoms with E-state index in [-0.39, 0.29) is 5.78 Å². The van der Waals surface area contributed by atoms with Crippen molar-refractivity contribution < 1.29 is 9.59 Å². The number of nitrogens with zero attached hydrogens (tertiary/aromatic N) is 1. The number of fused-ring (bicyclic) bond motifs is 3. The van der Waals surface area contributed by atoms with Crippen molar-refractivity contribution in [3.8, 4) is 5.69 Å². The Balaban J connectivity index is 2.06. The summed E-state index contributed by atoms with van der Waals surface area (Å²) in [7, 11) is 0. The molecule has 0 unspecified atom stereocenters. The van der Waals surface area contributed by atoms with Gasteiger partial charge in [0, 0.05) is 33.7 Å². The van der Waals surface area contributed by atoms with Crippen LogP contribution in [0.15, 0.2) is 36.4 Å². The summed E-state index contributed by atoms with van der Waals surface area (Å²) >= 11 is 12.6. The SMILES string of the molecule is NC(=O)c1ccc(-n2c3c(c4cc(Cl)ccc42)C(=O)CCC3)c(Cl)c1. The Morgan fingerprint density at radius 3 is 2.60 bits per heavy atom. The second-order valence-electron chi connectivity index (χ2n) is 6.13. The Bertz CT molecular complexity index is 1050. The van der Waals surface area contributed by atoms with Gasteiger partial charge in [-0.15, -0.1) is 0 Å². The zero-order valence-corrected chi connectivity index (χ0v) is 14.7. The second kappa shape index (κ2) is 5.90. The number of primary amides is 1. The van der Waals surface area contributed by atoms with Crippen LogP contribution >= 0.6 is 23.2 Å². The van der Waals surface area contributed by atoms with Crippen molar-refractivity contribution in [1.29, 1.82) is 0 Å². The molecular weight excluding hydrogens is 359 g/mol. The van der Waals surface area contributed by atoms with Crippen molar-refractivity contribution in [1.82, 2.24) is 4.57 Å². The molecule has 25 heavy (non-hydrogen) atoms. The van der Waals surface area contributed by atoms with Crippen molar-refractivity contribution in [3.63, 3.8) is 0 Å². The summed E-state index contributed by atoms with van der Waals surface area (Å²) < 4.78 is 1.99. The fourth-order valence-electron chi connectivity index (χ4n) is 3.52. The van der Waals surface area contributed by atoms with E-state index in [1.54, 1.807) is 24.3 Å². The number of benzene rings is 2. The van der Waals surface area contributed by atoms with E-state index in [9.17, 15) is 9.59 Å². The third kappa shape index (κ3) is 2.53. The van der Waals surface area contributed by atoms with E-state index < -0.39 is 5.91 Å². The molecule has 3 aromatic rings. The van der Waals surface area contributed by atoms with Gasteiger partial charge in [0.25, 0.3) is 0 Å². The smallest absolute Gasteiger partial charge is 0.248 e. The zero-order valence-electron chi connectivity index (χ0n) is 13.2. The van der Waals surface area contributed by atoms with Gasteiger partial charge >= 0.3 is 0 Å². The number of rotatable bonds is 2. The molecular formula is C19H14Cl2N2O2. The summed E-state index contributed by atoms with van der Waals surface area (Å²) in [4.78, 5) is 23.9. The highest BCUT2D eigenvalue weighted by Crippen LogP contribution is 2.37. The van der Waals surface area contributed by atoms with Crippen LogP contribution in [0.4, 0.5) is 0 Å². The third-order valence-electron chi connectivity index (χ3n) is 4.60. The molecule has 2 aromatic carbocycles. The lowest BCUT2D eigenvalue weighted by Crippen LogP contribution is -2.13. The van der Waals surface area contributed by atoms with E-state index in [2.05, 4.69) is 0 Å². The monoisotopic (exact) mass is 372 g/mol. The molecule has 0 bridgehead atoms. The number of aromatic nitrogens is 1. The van der Waals surface area contributed by atoms with E-state index in [1.807, 2.05) is 16.7 Å². The third-order valence-corrected chi connectivity index (χ3v) is 5.13. The minimum Gasteiger partial charge on any atom is -0.366 e. The summed E-state index contributed by atoms with van der Waals surface area (Å²) in [5.74, 6) is -0.410. The second-order valence-corrected chi connectivity index (χ2v) is 6.97. The van der Waals surface area contributed by atoms with Crippen LogP contribution in [0.25, 0.3) is 16.6 Å². The maximum Gasteiger partial charge on any atom is 0.248 e. The molecule has 1 aliphatic rings. The zero-order chi connectivity index (χ0) is 17.7. The molecule has 0 aliphatic heterocycles. The maximum absolute atomic E-state index is 12.5. The number of ketones is 1. The van der Waals surface area contributed by atoms with Gasteiger partial charge in [-0.3, -0.25) is 9.59 Å². The van der Waals surface area contributed by atoms with Gasteiger partial charge in [-0.1, -0.05) is 23.2 Å². The highest BCUT2D eigenvalue weighted by Gasteiger charge is 2.27. The lowest BCUT2D eigenvalue weighted by molar-refractivity contribution is 0.0971. The van der Waals surface area contributed by atoms with Gasteiger partial charge < -0.3 is 10.3 Å². The van der Waals surface area contributed by atoms with Crippen LogP contribution in [0.3, 0.4) is 0 Å². The molecule has 1 aliphatic carbocycles. The fourth-order valence-corrected chi connectivity index (χ4v) is 3.96. The summed E-state index contributed by atoms with van der Waals surface area (Å²) in [6, 6.07) is 10.5. The van der Waals surface area contributed by atoms with E-state index in [0.29, 0.717) is 22.0 Å². The van der Waals surface area contributed by atoms with Gasteiger partial charge in [0.2, 0.25) is 5.91 Å². The largest absolute Gasteiger partial charge is 0.366 e. The summed E-state index contributed by atoms with van der Waals surface area (Å²) in [5, 5.41) is 1.83. The first-order valence-electron chi connectivity index (χ1n) is 7.93. The lowest BCUT2D eigenvalue weighted by atomic mass is 9.94. The van der Waals surface area contributed by atoms with Crippen LogP contribution in [-0.2, 0) is 6.42 Å². The number of hydrogen-bond donors (Lipinski definition) is 1. The summed E-state index contributed by atoms with van der Waals surface area (Å²) in [5.41, 5.74) is 8.91. The van der Waals surface area contributed by atoms with E-state index in [1.165, 1.54) is 0 Å². The molecule has 0 saturated heterocycles. The molecule has 1 heterocycles. The molecule has 2 N–H and O–H groups in total. The van der Waals surface area contributed by atoms with Crippen molar-refractivity contribution in [2.24, 2.45) is 5.73 Å². The predicted octanol–water partition coefficient (Wildman–Crippen LogP) is 4.56. The van der Waals surface area contributed by atoms with Gasteiger partial charge in [0.05, 0.1) is 16.2 Å². The Hall–Kier alpha value is -2.30. The van der Waals surface area contributed by atoms with Crippen LogP contribution in [0.2, 0.25) is 10.0 Å². The minimum atomic E-state index is -0.533. The van der Waals surface area contributed by atoms with Crippen LogP contribution in [0.1, 0.15) is 39.3 Å². The summed E-state index contributed by atoms with van der Waals surface area (Å²) in [6.45, 7) is 0. The van der Waals surface area contributed by atoms with Gasteiger partial charge in [-0.25, -0.2) is 0 Å². The highest BCUT2D eigenvalue weighted by atomic mass is 35.5. The topological polar surface area (TPSA) is 65.1 Å². The van der Waals surface area contributed by atoms with Crippen LogP contribution in [0, 0.1) is 0 Å². The first-order valence-corrected chi connectivity index (χ1v) is 8.68. The van der Waals surface area contributed by atoms with E-state index in [4.69, 9.17) is 28.9 Å². The molecule has 126 valence electrons. The van der Waals surface area contributed by atoms with E-state index >= 15 is 0 Å². The highest BCUT2D eigenvalue weighted by molar-refractivity contribution is 6.33. The standard InChI is InChI=1S/C19H14Cl2N2O2/c20-11-5-7-14-12(9-11)18-16(2-1-3-17(18)24)23(14)15-6-4-10(19(22)25)8-13(15)21/h4-9H,1-3H2,(H2,22,25). The summed E-state index contributed by atoms with van der Waals surface area (Å²) in [6.07, 6.45) is 2.11. The molecule has 4 rings (SSSR count). The number of carbonyl (C=O) groups is 2. The molecule has 4 nitrogen and oxygen atoms in total. The Labute approximate surface area is 154 Å². The van der Waals surface area contributed by atoms with Crippen LogP contribution < -0.4 is 5.73 Å². The van der Waals surface area contributed by atoms with Crippen molar-refractivity contribution in [3.05, 3.63) is 63.3 Å². The van der Waals surface area contributed by atoms with E-state index in [0.717, 1.165) is 40.7 Å². The predicted molar refractivity (Wildman–Crippen MR) is 99.1 cm³/mol. The average Bonchev–Trinajstić information content (AvgIpc) is 2.89. The van der Waals surface area contributed by atoms with Gasteiger partial charge in [0.15, 0.2) is 5.78 Å². The van der Waals surface area contributed by atoms with Gasteiger partial charge in [-0.05, 0) is 49.2 Å². The Morgan fingerprint density at radius 2 is 1.88 bits per heavy atom. The van der Waals surface area contributed by atoms with Crippen molar-refractivity contribution >= 4 is 45.8 Å². The Kier molecular flexibility index (Phi) is 3.82. The quantitative estimate of drug-likeness (QED) is 0.716. The van der Waals surface area contributed by atoms with Gasteiger partial charge in [0.1, 0.15) is 0 Å². The lowest BCUT2D eigenvalue weighted by Gasteiger charge is -2.16. The first-order chi connectivity index (χ1) is 12.0. The molecule has 1 aromatic heterocycles. The van der Waals surface area contributed by atoms with Crippen LogP contribution in [-0.4, -0.2) is 16.3 Å². The molecule has 1 amide bonds. The molecule has 0 spiro atoms. The van der Waals surface area contributed by atoms with Crippen molar-refractivity contribution in [2.45, 2.75) is 19.3 Å². The number of nitrogens with two attached hydrogens (primary N) is 1. The normalized spacial score (nSPS) is 13.9. The molecule has 0 radical (unpaired) electrons. The number of carbonyl (C=O) groups excluding carboxylic acids is 2. The number of halogens is 2. The molecule has 0 fully saturated rings. The fraction of sp³-hybridized carbons (Fsp3) is 0.158. The van der Waals surface area contributed by atoms with Crippen molar-refractivity contribution in [2.75, 3.05) is 0 Å². The molecule has 0 saturated carbocycles. The number of Topliss-reactive ketones (excluding diaryl/α,β-unsaturated/α-hetero) is 1.